The van der Waals surface area contributed by atoms with Crippen molar-refractivity contribution in [2.75, 3.05) is 13.7 Å². The fourth-order valence-electron chi connectivity index (χ4n) is 5.71. The Labute approximate surface area is 311 Å². The largest absolute Gasteiger partial charge is 0.493 e. The monoisotopic (exact) mass is 751 g/mol. The second kappa shape index (κ2) is 20.6. The number of esters is 2. The molecule has 1 aliphatic carbocycles. The number of carbonyl (C=O) groups is 2. The van der Waals surface area contributed by atoms with E-state index in [1.54, 1.807) is 72.8 Å². The van der Waals surface area contributed by atoms with Gasteiger partial charge in [-0.15, -0.1) is 10.1 Å². The maximum absolute atomic E-state index is 14.5. The fourth-order valence-corrected chi connectivity index (χ4v) is 5.71. The highest BCUT2D eigenvalue weighted by Crippen LogP contribution is 2.37. The molecule has 288 valence electrons. The normalized spacial score (nSPS) is 18.6. The van der Waals surface area contributed by atoms with Gasteiger partial charge in [0.05, 0.1) is 19.3 Å². The minimum absolute atomic E-state index is 0.00411. The summed E-state index contributed by atoms with van der Waals surface area (Å²) in [5.74, 6) is -4.65. The highest BCUT2D eigenvalue weighted by atomic mass is 19.3. The van der Waals surface area contributed by atoms with Crippen LogP contribution in [0.5, 0.6) is 17.2 Å². The number of rotatable bonds is 20. The van der Waals surface area contributed by atoms with Gasteiger partial charge in [-0.05, 0) is 78.3 Å². The fraction of sp³-hybridized carbons (Fsp3) is 0.350. The molecule has 1 fully saturated rings. The lowest BCUT2D eigenvalue weighted by Crippen LogP contribution is -2.25. The molecule has 0 radical (unpaired) electrons. The van der Waals surface area contributed by atoms with Gasteiger partial charge in [-0.3, -0.25) is 4.79 Å². The van der Waals surface area contributed by atoms with Gasteiger partial charge in [0.2, 0.25) is 0 Å². The quantitative estimate of drug-likeness (QED) is 0.0237. The Bertz CT molecular complexity index is 1760. The number of allylic oxidation sites excluding steroid dienone is 2. The van der Waals surface area contributed by atoms with Crippen molar-refractivity contribution in [1.29, 1.82) is 0 Å². The van der Waals surface area contributed by atoms with Crippen molar-refractivity contribution in [3.05, 3.63) is 130 Å². The lowest BCUT2D eigenvalue weighted by Gasteiger charge is -2.20. The van der Waals surface area contributed by atoms with E-state index >= 15 is 0 Å². The van der Waals surface area contributed by atoms with Crippen LogP contribution in [0.4, 0.5) is 8.78 Å². The van der Waals surface area contributed by atoms with E-state index in [0.29, 0.717) is 41.7 Å². The number of aliphatic hydroxyl groups excluding tert-OH is 2. The van der Waals surface area contributed by atoms with Crippen LogP contribution in [0, 0.1) is 22.0 Å². The summed E-state index contributed by atoms with van der Waals surface area (Å²) in [6.07, 6.45) is 8.15. The zero-order valence-electron chi connectivity index (χ0n) is 29.6. The molecular formula is C40H43F2NO11. The Morgan fingerprint density at radius 1 is 0.963 bits per heavy atom. The van der Waals surface area contributed by atoms with E-state index in [0.717, 1.165) is 6.08 Å². The number of alkyl halides is 2. The smallest absolute Gasteiger partial charge is 0.331 e. The van der Waals surface area contributed by atoms with E-state index in [1.165, 1.54) is 25.3 Å². The summed E-state index contributed by atoms with van der Waals surface area (Å²) in [6, 6.07) is 19.7. The second-order valence-electron chi connectivity index (χ2n) is 12.6. The number of hydrogen-bond donors (Lipinski definition) is 2. The first-order valence-electron chi connectivity index (χ1n) is 17.3. The molecule has 4 rings (SSSR count). The molecule has 1 aliphatic rings. The first-order chi connectivity index (χ1) is 25.9. The van der Waals surface area contributed by atoms with Gasteiger partial charge >= 0.3 is 11.9 Å². The number of halogens is 2. The van der Waals surface area contributed by atoms with E-state index in [9.17, 15) is 38.7 Å². The summed E-state index contributed by atoms with van der Waals surface area (Å²) in [7, 11) is 1.42. The maximum atomic E-state index is 14.5. The summed E-state index contributed by atoms with van der Waals surface area (Å²) in [5.41, 5.74) is 1.87. The van der Waals surface area contributed by atoms with Crippen molar-refractivity contribution in [3.63, 3.8) is 0 Å². The Morgan fingerprint density at radius 2 is 1.69 bits per heavy atom. The minimum Gasteiger partial charge on any atom is -0.493 e. The van der Waals surface area contributed by atoms with Gasteiger partial charge in [-0.2, -0.15) is 8.78 Å². The molecule has 54 heavy (non-hydrogen) atoms. The number of aliphatic hydroxyl groups is 2. The molecule has 3 aromatic carbocycles. The van der Waals surface area contributed by atoms with Crippen LogP contribution in [-0.2, 0) is 32.4 Å². The Kier molecular flexibility index (Phi) is 15.7. The molecule has 0 aliphatic heterocycles. The number of ether oxygens (including phenoxy) is 4. The van der Waals surface area contributed by atoms with Crippen LogP contribution in [0.1, 0.15) is 48.8 Å². The Balaban J connectivity index is 1.17. The van der Waals surface area contributed by atoms with E-state index in [-0.39, 0.29) is 37.6 Å². The molecule has 14 heteroatoms. The summed E-state index contributed by atoms with van der Waals surface area (Å²) < 4.78 is 50.2. The third kappa shape index (κ3) is 13.7. The van der Waals surface area contributed by atoms with Crippen molar-refractivity contribution in [1.82, 2.24) is 0 Å². The van der Waals surface area contributed by atoms with Crippen molar-refractivity contribution in [2.24, 2.45) is 11.8 Å². The number of methoxy groups -OCH3 is 1. The first-order valence-corrected chi connectivity index (χ1v) is 17.3. The van der Waals surface area contributed by atoms with E-state index in [4.69, 9.17) is 18.9 Å². The molecule has 2 N–H and O–H groups in total. The lowest BCUT2D eigenvalue weighted by atomic mass is 9.89. The molecule has 0 bridgehead atoms. The van der Waals surface area contributed by atoms with Crippen LogP contribution < -0.4 is 14.2 Å². The van der Waals surface area contributed by atoms with Crippen LogP contribution in [0.25, 0.3) is 6.08 Å². The number of carbonyl (C=O) groups excluding carboxylic acids is 2. The Hall–Kier alpha value is -5.60. The standard InChI is InChI=1S/C40H43F2NO11/c1-50-37-23-28(18-20-38(46)51-25-29-13-15-30(16-14-29)26-53-43(48)49)17-19-36(37)54-39(47)12-8-3-2-7-11-32-33(35(45)24-34(32)44)21-22-40(41,42)27-52-31-9-5-4-6-10-31/h2,4-7,9-10,13-23,32-35,44-45H,3,8,11-12,24-27H2,1H3/b7-2-,20-18+,22-21+/t32-,33-,34+,35-/m1/s1. The van der Waals surface area contributed by atoms with Crippen LogP contribution in [0.2, 0.25) is 0 Å². The zero-order chi connectivity index (χ0) is 38.9. The lowest BCUT2D eigenvalue weighted by molar-refractivity contribution is -0.763. The van der Waals surface area contributed by atoms with Crippen LogP contribution in [-0.4, -0.2) is 59.1 Å². The van der Waals surface area contributed by atoms with Crippen molar-refractivity contribution < 1.29 is 57.5 Å². The van der Waals surface area contributed by atoms with Gasteiger partial charge in [0, 0.05) is 24.8 Å². The van der Waals surface area contributed by atoms with Gasteiger partial charge in [-0.1, -0.05) is 66.8 Å². The van der Waals surface area contributed by atoms with Crippen LogP contribution in [0.15, 0.2) is 103 Å². The predicted molar refractivity (Wildman–Crippen MR) is 193 cm³/mol. The van der Waals surface area contributed by atoms with E-state index in [2.05, 4.69) is 4.84 Å². The van der Waals surface area contributed by atoms with Crippen LogP contribution in [0.3, 0.4) is 0 Å². The number of nitrogens with zero attached hydrogens (tertiary/aromatic N) is 1. The van der Waals surface area contributed by atoms with Gasteiger partial charge in [-0.25, -0.2) is 4.79 Å². The first kappa shape index (κ1) is 41.2. The van der Waals surface area contributed by atoms with Crippen LogP contribution >= 0.6 is 0 Å². The molecule has 0 amide bonds. The predicted octanol–water partition coefficient (Wildman–Crippen LogP) is 6.81. The average molecular weight is 752 g/mol. The molecule has 12 nitrogen and oxygen atoms in total. The number of benzene rings is 3. The molecule has 3 aromatic rings. The highest BCUT2D eigenvalue weighted by Gasteiger charge is 2.40. The molecule has 0 unspecified atom stereocenters. The van der Waals surface area contributed by atoms with Gasteiger partial charge < -0.3 is 34.0 Å². The third-order valence-electron chi connectivity index (χ3n) is 8.54. The van der Waals surface area contributed by atoms with Crippen molar-refractivity contribution >= 4 is 18.0 Å². The average Bonchev–Trinajstić information content (AvgIpc) is 3.43. The zero-order valence-corrected chi connectivity index (χ0v) is 29.6. The molecule has 0 aromatic heterocycles. The van der Waals surface area contributed by atoms with E-state index in [1.807, 2.05) is 12.2 Å². The second-order valence-corrected chi connectivity index (χ2v) is 12.6. The molecular weight excluding hydrogens is 708 g/mol. The summed E-state index contributed by atoms with van der Waals surface area (Å²) >= 11 is 0. The third-order valence-corrected chi connectivity index (χ3v) is 8.54. The molecule has 0 spiro atoms. The molecule has 0 heterocycles. The van der Waals surface area contributed by atoms with E-state index < -0.39 is 53.6 Å². The van der Waals surface area contributed by atoms with Gasteiger partial charge in [0.1, 0.15) is 19.0 Å². The Morgan fingerprint density at radius 3 is 2.39 bits per heavy atom. The van der Waals surface area contributed by atoms with Gasteiger partial charge in [0.15, 0.2) is 18.1 Å². The SMILES string of the molecule is COc1cc(/C=C/C(=O)OCc2ccc(CO[N+](=O)[O-])cc2)ccc1OC(=O)CCC/C=C\C[C@@H]1[C@@H](/C=C/C(F)(F)COc2ccccc2)[C@H](O)C[C@@H]1O. The van der Waals surface area contributed by atoms with Gasteiger partial charge in [0.25, 0.3) is 11.0 Å². The van der Waals surface area contributed by atoms with Crippen molar-refractivity contribution in [3.8, 4) is 17.2 Å². The molecule has 4 atom stereocenters. The highest BCUT2D eigenvalue weighted by molar-refractivity contribution is 5.87. The summed E-state index contributed by atoms with van der Waals surface area (Å²) in [5, 5.41) is 30.4. The number of para-hydroxylation sites is 1. The summed E-state index contributed by atoms with van der Waals surface area (Å²) in [4.78, 5) is 39.4. The number of unbranched alkanes of at least 4 members (excludes halogenated alkanes) is 1. The summed E-state index contributed by atoms with van der Waals surface area (Å²) in [6.45, 7) is -1.04. The molecule has 0 saturated heterocycles. The molecule has 1 saturated carbocycles. The maximum Gasteiger partial charge on any atom is 0.331 e. The topological polar surface area (TPSA) is 164 Å². The minimum atomic E-state index is -3.27. The number of hydrogen-bond acceptors (Lipinski definition) is 11. The van der Waals surface area contributed by atoms with Crippen molar-refractivity contribution in [2.45, 2.75) is 63.4 Å².